The highest BCUT2D eigenvalue weighted by Gasteiger charge is 1.97. The summed E-state index contributed by atoms with van der Waals surface area (Å²) < 4.78 is 4.87. The first kappa shape index (κ1) is 9.46. The van der Waals surface area contributed by atoms with Crippen LogP contribution in [0.5, 0.6) is 0 Å². The highest BCUT2D eigenvalue weighted by molar-refractivity contribution is 5.85. The lowest BCUT2D eigenvalue weighted by Crippen LogP contribution is -1.94. The maximum Gasteiger partial charge on any atom is 0.136 e. The Balaban J connectivity index is 0.000000810. The largest absolute Gasteiger partial charge is 0.361 e. The molecule has 0 aliphatic carbocycles. The van der Waals surface area contributed by atoms with E-state index in [0.717, 1.165) is 17.9 Å². The molecule has 0 spiro atoms. The van der Waals surface area contributed by atoms with E-state index >= 15 is 0 Å². The minimum atomic E-state index is 0. The van der Waals surface area contributed by atoms with Crippen LogP contribution >= 0.6 is 12.4 Å². The summed E-state index contributed by atoms with van der Waals surface area (Å²) in [5.74, 6) is 0.899. The monoisotopic (exact) mass is 162 g/mol. The van der Waals surface area contributed by atoms with Crippen LogP contribution in [0.2, 0.25) is 0 Å². The molecule has 0 radical (unpaired) electrons. The Hall–Kier alpha value is -0.540. The molecule has 0 saturated carbocycles. The van der Waals surface area contributed by atoms with Gasteiger partial charge in [0.1, 0.15) is 5.76 Å². The van der Waals surface area contributed by atoms with Crippen molar-refractivity contribution in [3.8, 4) is 0 Å². The van der Waals surface area contributed by atoms with Gasteiger partial charge in [-0.05, 0) is 0 Å². The summed E-state index contributed by atoms with van der Waals surface area (Å²) in [6.45, 7) is 2.48. The second kappa shape index (κ2) is 4.30. The Morgan fingerprint density at radius 2 is 2.40 bits per heavy atom. The lowest BCUT2D eigenvalue weighted by Gasteiger charge is -1.78. The third-order valence-corrected chi connectivity index (χ3v) is 1.17. The van der Waals surface area contributed by atoms with Gasteiger partial charge >= 0.3 is 0 Å². The van der Waals surface area contributed by atoms with Crippen molar-refractivity contribution in [3.63, 3.8) is 0 Å². The molecular weight excluding hydrogens is 152 g/mol. The van der Waals surface area contributed by atoms with Gasteiger partial charge in [-0.2, -0.15) is 0 Å². The lowest BCUT2D eigenvalue weighted by atomic mass is 10.3. The molecule has 0 amide bonds. The molecule has 4 heteroatoms. The number of hydrogen-bond donors (Lipinski definition) is 1. The van der Waals surface area contributed by atoms with Crippen molar-refractivity contribution >= 4 is 12.4 Å². The molecule has 0 aliphatic heterocycles. The number of nitrogens with two attached hydrogens (primary N) is 1. The number of hydrogen-bond acceptors (Lipinski definition) is 3. The van der Waals surface area contributed by atoms with E-state index in [1.165, 1.54) is 0 Å². The quantitative estimate of drug-likeness (QED) is 0.709. The molecule has 0 unspecified atom stereocenters. The molecule has 0 bridgehead atoms. The SMILES string of the molecule is CCc1cc(CN)no1.Cl. The third-order valence-electron chi connectivity index (χ3n) is 1.17. The van der Waals surface area contributed by atoms with Gasteiger partial charge in [0.15, 0.2) is 0 Å². The number of halogens is 1. The van der Waals surface area contributed by atoms with Gasteiger partial charge in [0.2, 0.25) is 0 Å². The van der Waals surface area contributed by atoms with Gasteiger partial charge in [-0.3, -0.25) is 0 Å². The Morgan fingerprint density at radius 1 is 1.70 bits per heavy atom. The third kappa shape index (κ3) is 2.01. The van der Waals surface area contributed by atoms with Crippen LogP contribution in [0.1, 0.15) is 18.4 Å². The van der Waals surface area contributed by atoms with Crippen molar-refractivity contribution in [2.45, 2.75) is 19.9 Å². The molecule has 1 rings (SSSR count). The van der Waals surface area contributed by atoms with Crippen LogP contribution in [0.15, 0.2) is 10.6 Å². The Bertz CT molecular complexity index is 169. The molecule has 1 heterocycles. The highest BCUT2D eigenvalue weighted by Crippen LogP contribution is 2.01. The fourth-order valence-corrected chi connectivity index (χ4v) is 0.619. The predicted molar refractivity (Wildman–Crippen MR) is 41.0 cm³/mol. The number of nitrogens with zero attached hydrogens (tertiary/aromatic N) is 1. The summed E-state index contributed by atoms with van der Waals surface area (Å²) in [5, 5.41) is 3.71. The van der Waals surface area contributed by atoms with Crippen LogP contribution in [0, 0.1) is 0 Å². The van der Waals surface area contributed by atoms with Gasteiger partial charge in [-0.1, -0.05) is 12.1 Å². The standard InChI is InChI=1S/C6H10N2O.ClH/c1-2-6-3-5(4-7)8-9-6;/h3H,2,4,7H2,1H3;1H. The number of aryl methyl sites for hydroxylation is 1. The summed E-state index contributed by atoms with van der Waals surface area (Å²) >= 11 is 0. The summed E-state index contributed by atoms with van der Waals surface area (Å²) in [7, 11) is 0. The molecule has 0 fully saturated rings. The van der Waals surface area contributed by atoms with Crippen LogP contribution in [0.3, 0.4) is 0 Å². The van der Waals surface area contributed by atoms with Crippen LogP contribution in [0.4, 0.5) is 0 Å². The zero-order valence-electron chi connectivity index (χ0n) is 5.83. The minimum absolute atomic E-state index is 0. The van der Waals surface area contributed by atoms with Gasteiger partial charge in [-0.25, -0.2) is 0 Å². The number of rotatable bonds is 2. The molecule has 1 aromatic heterocycles. The van der Waals surface area contributed by atoms with Crippen molar-refractivity contribution < 1.29 is 4.52 Å². The predicted octanol–water partition coefficient (Wildman–Crippen LogP) is 1.12. The average molecular weight is 163 g/mol. The summed E-state index contributed by atoms with van der Waals surface area (Å²) in [5.41, 5.74) is 6.12. The second-order valence-corrected chi connectivity index (χ2v) is 1.84. The molecule has 0 saturated heterocycles. The summed E-state index contributed by atoms with van der Waals surface area (Å²) in [6, 6.07) is 1.88. The van der Waals surface area contributed by atoms with Gasteiger partial charge < -0.3 is 10.3 Å². The normalized spacial score (nSPS) is 9.00. The molecule has 0 atom stereocenters. The van der Waals surface area contributed by atoms with Crippen molar-refractivity contribution in [3.05, 3.63) is 17.5 Å². The minimum Gasteiger partial charge on any atom is -0.361 e. The van der Waals surface area contributed by atoms with Crippen molar-refractivity contribution in [2.75, 3.05) is 0 Å². The molecule has 1 aromatic rings. The van der Waals surface area contributed by atoms with E-state index in [4.69, 9.17) is 10.3 Å². The van der Waals surface area contributed by atoms with E-state index in [1.54, 1.807) is 0 Å². The van der Waals surface area contributed by atoms with E-state index in [9.17, 15) is 0 Å². The Kier molecular flexibility index (Phi) is 4.07. The average Bonchev–Trinajstić information content (AvgIpc) is 2.34. The van der Waals surface area contributed by atoms with Crippen LogP contribution in [-0.4, -0.2) is 5.16 Å². The molecule has 58 valence electrons. The molecule has 0 aromatic carbocycles. The zero-order valence-corrected chi connectivity index (χ0v) is 6.65. The van der Waals surface area contributed by atoms with Crippen LogP contribution in [0.25, 0.3) is 0 Å². The van der Waals surface area contributed by atoms with E-state index in [-0.39, 0.29) is 12.4 Å². The first-order valence-electron chi connectivity index (χ1n) is 3.01. The van der Waals surface area contributed by atoms with E-state index in [2.05, 4.69) is 5.16 Å². The fraction of sp³-hybridized carbons (Fsp3) is 0.500. The van der Waals surface area contributed by atoms with Crippen molar-refractivity contribution in [1.29, 1.82) is 0 Å². The first-order chi connectivity index (χ1) is 4.36. The molecule has 3 nitrogen and oxygen atoms in total. The number of aromatic nitrogens is 1. The maximum atomic E-state index is 5.30. The Morgan fingerprint density at radius 3 is 2.70 bits per heavy atom. The van der Waals surface area contributed by atoms with Crippen LogP contribution in [-0.2, 0) is 13.0 Å². The van der Waals surface area contributed by atoms with Gasteiger partial charge in [-0.15, -0.1) is 12.4 Å². The lowest BCUT2D eigenvalue weighted by molar-refractivity contribution is 0.381. The Labute approximate surface area is 66.0 Å². The molecular formula is C6H11ClN2O. The second-order valence-electron chi connectivity index (χ2n) is 1.84. The summed E-state index contributed by atoms with van der Waals surface area (Å²) in [6.07, 6.45) is 0.882. The van der Waals surface area contributed by atoms with Crippen LogP contribution < -0.4 is 5.73 Å². The molecule has 10 heavy (non-hydrogen) atoms. The molecule has 0 aliphatic rings. The fourth-order valence-electron chi connectivity index (χ4n) is 0.619. The maximum absolute atomic E-state index is 5.30. The summed E-state index contributed by atoms with van der Waals surface area (Å²) in [4.78, 5) is 0. The first-order valence-corrected chi connectivity index (χ1v) is 3.01. The van der Waals surface area contributed by atoms with E-state index in [1.807, 2.05) is 13.0 Å². The van der Waals surface area contributed by atoms with Gasteiger partial charge in [0.05, 0.1) is 5.69 Å². The highest BCUT2D eigenvalue weighted by atomic mass is 35.5. The van der Waals surface area contributed by atoms with Crippen molar-refractivity contribution in [1.82, 2.24) is 5.16 Å². The molecule has 2 N–H and O–H groups in total. The zero-order chi connectivity index (χ0) is 6.69. The topological polar surface area (TPSA) is 52.0 Å². The van der Waals surface area contributed by atoms with Gasteiger partial charge in [0, 0.05) is 19.0 Å². The van der Waals surface area contributed by atoms with E-state index < -0.39 is 0 Å². The van der Waals surface area contributed by atoms with Crippen molar-refractivity contribution in [2.24, 2.45) is 5.73 Å². The smallest absolute Gasteiger partial charge is 0.136 e. The van der Waals surface area contributed by atoms with Gasteiger partial charge in [0.25, 0.3) is 0 Å². The van der Waals surface area contributed by atoms with E-state index in [0.29, 0.717) is 6.54 Å².